The lowest BCUT2D eigenvalue weighted by Crippen LogP contribution is -2.04. The zero-order valence-electron chi connectivity index (χ0n) is 34.8. The molecule has 0 rings (SSSR count). The minimum absolute atomic E-state index is 0.687. The van der Waals surface area contributed by atoms with Crippen molar-refractivity contribution in [3.63, 3.8) is 0 Å². The van der Waals surface area contributed by atoms with Crippen LogP contribution in [0.4, 0.5) is 0 Å². The van der Waals surface area contributed by atoms with Crippen LogP contribution in [0.25, 0.3) is 0 Å². The van der Waals surface area contributed by atoms with Gasteiger partial charge in [-0.05, 0) is 31.1 Å². The highest BCUT2D eigenvalue weighted by atomic mass is 32.5. The summed E-state index contributed by atoms with van der Waals surface area (Å²) in [5.74, 6) is 0. The lowest BCUT2D eigenvalue weighted by atomic mass is 10.0. The summed E-state index contributed by atoms with van der Waals surface area (Å²) in [7, 11) is 0. The SMILES string of the molecule is CCCCCCCCCCCCCCCOP(=S)(OCCCCCCCCCCCCCCC)OCCCCCCCCCCCCCCC. The number of unbranched alkanes of at least 4 members (excludes halogenated alkanes) is 36. The van der Waals surface area contributed by atoms with Gasteiger partial charge in [0.1, 0.15) is 0 Å². The molecule has 0 aromatic carbocycles. The summed E-state index contributed by atoms with van der Waals surface area (Å²) in [5, 5.41) is 0. The van der Waals surface area contributed by atoms with E-state index < -0.39 is 6.72 Å². The fourth-order valence-electron chi connectivity index (χ4n) is 7.00. The number of hydrogen-bond acceptors (Lipinski definition) is 4. The smallest absolute Gasteiger partial charge is 0.309 e. The second kappa shape index (κ2) is 43.9. The van der Waals surface area contributed by atoms with Crippen LogP contribution in [-0.2, 0) is 25.4 Å². The van der Waals surface area contributed by atoms with Crippen molar-refractivity contribution in [1.29, 1.82) is 0 Å². The molecule has 0 aliphatic rings. The topological polar surface area (TPSA) is 27.7 Å². The molecule has 302 valence electrons. The molecule has 3 nitrogen and oxygen atoms in total. The molecule has 0 atom stereocenters. The Hall–Kier alpha value is 0.530. The molecule has 0 saturated carbocycles. The molecular formula is C45H93O3PS. The van der Waals surface area contributed by atoms with Crippen LogP contribution in [0.3, 0.4) is 0 Å². The Bertz CT molecular complexity index is 575. The Labute approximate surface area is 322 Å². The van der Waals surface area contributed by atoms with Gasteiger partial charge in [0.05, 0.1) is 19.8 Å². The Balaban J connectivity index is 4.08. The average molecular weight is 745 g/mol. The highest BCUT2D eigenvalue weighted by molar-refractivity contribution is 8.07. The van der Waals surface area contributed by atoms with Crippen molar-refractivity contribution < 1.29 is 13.6 Å². The van der Waals surface area contributed by atoms with E-state index in [-0.39, 0.29) is 0 Å². The molecule has 50 heavy (non-hydrogen) atoms. The van der Waals surface area contributed by atoms with Crippen molar-refractivity contribution >= 4 is 18.5 Å². The van der Waals surface area contributed by atoms with Gasteiger partial charge in [-0.1, -0.05) is 252 Å². The van der Waals surface area contributed by atoms with Crippen molar-refractivity contribution in [2.24, 2.45) is 0 Å². The van der Waals surface area contributed by atoms with E-state index in [1.54, 1.807) is 0 Å². The van der Waals surface area contributed by atoms with Gasteiger partial charge in [-0.2, -0.15) is 0 Å². The minimum atomic E-state index is -2.64. The standard InChI is InChI=1S/C45H93O3PS/c1-4-7-10-13-16-19-22-25-28-31-34-37-40-43-46-49(50,47-44-41-38-35-32-29-26-23-20-17-14-11-8-5-2)48-45-42-39-36-33-30-27-24-21-18-15-12-9-6-3/h4-45H2,1-3H3. The normalized spacial score (nSPS) is 12.0. The highest BCUT2D eigenvalue weighted by Gasteiger charge is 2.20. The fraction of sp³-hybridized carbons (Fsp3) is 1.00. The lowest BCUT2D eigenvalue weighted by Gasteiger charge is -2.22. The summed E-state index contributed by atoms with van der Waals surface area (Å²) in [4.78, 5) is 0. The van der Waals surface area contributed by atoms with Crippen molar-refractivity contribution in [2.45, 2.75) is 271 Å². The van der Waals surface area contributed by atoms with E-state index in [0.29, 0.717) is 19.8 Å². The molecule has 0 aromatic heterocycles. The van der Waals surface area contributed by atoms with Gasteiger partial charge in [-0.15, -0.1) is 0 Å². The summed E-state index contributed by atoms with van der Waals surface area (Å²) >= 11 is 5.93. The maximum Gasteiger partial charge on any atom is 0.327 e. The van der Waals surface area contributed by atoms with E-state index in [1.807, 2.05) is 0 Å². The van der Waals surface area contributed by atoms with Crippen LogP contribution in [0.2, 0.25) is 0 Å². The van der Waals surface area contributed by atoms with Gasteiger partial charge < -0.3 is 13.6 Å². The molecule has 0 heterocycles. The second-order valence-corrected chi connectivity index (χ2v) is 18.7. The van der Waals surface area contributed by atoms with Crippen molar-refractivity contribution in [2.75, 3.05) is 19.8 Å². The second-order valence-electron chi connectivity index (χ2n) is 15.7. The molecule has 0 bridgehead atoms. The van der Waals surface area contributed by atoms with Crippen LogP contribution in [0.1, 0.15) is 271 Å². The van der Waals surface area contributed by atoms with Gasteiger partial charge in [0.2, 0.25) is 0 Å². The van der Waals surface area contributed by atoms with Gasteiger partial charge in [0, 0.05) is 0 Å². The van der Waals surface area contributed by atoms with E-state index in [9.17, 15) is 0 Å². The summed E-state index contributed by atoms with van der Waals surface area (Å²) in [6, 6.07) is 0. The molecule has 0 saturated heterocycles. The highest BCUT2D eigenvalue weighted by Crippen LogP contribution is 2.50. The molecule has 0 fully saturated rings. The first-order valence-electron chi connectivity index (χ1n) is 23.2. The van der Waals surface area contributed by atoms with E-state index >= 15 is 0 Å². The van der Waals surface area contributed by atoms with Crippen LogP contribution >= 0.6 is 6.72 Å². The minimum Gasteiger partial charge on any atom is -0.309 e. The Kier molecular flexibility index (Phi) is 44.4. The summed E-state index contributed by atoms with van der Waals surface area (Å²) in [6.07, 6.45) is 53.0. The quantitative estimate of drug-likeness (QED) is 0.0458. The van der Waals surface area contributed by atoms with Crippen molar-refractivity contribution in [3.8, 4) is 0 Å². The largest absolute Gasteiger partial charge is 0.327 e. The Morgan fingerprint density at radius 2 is 0.380 bits per heavy atom. The first kappa shape index (κ1) is 50.5. The summed E-state index contributed by atoms with van der Waals surface area (Å²) in [6.45, 7) is 6.31. The van der Waals surface area contributed by atoms with Crippen molar-refractivity contribution in [1.82, 2.24) is 0 Å². The third kappa shape index (κ3) is 41.3. The molecule has 0 radical (unpaired) electrons. The van der Waals surface area contributed by atoms with Crippen LogP contribution in [0.5, 0.6) is 0 Å². The van der Waals surface area contributed by atoms with Gasteiger partial charge in [0.25, 0.3) is 0 Å². The molecule has 5 heteroatoms. The van der Waals surface area contributed by atoms with Gasteiger partial charge in [-0.25, -0.2) is 0 Å². The van der Waals surface area contributed by atoms with Crippen LogP contribution in [0, 0.1) is 0 Å². The first-order valence-corrected chi connectivity index (χ1v) is 25.8. The average Bonchev–Trinajstić information content (AvgIpc) is 3.12. The van der Waals surface area contributed by atoms with E-state index in [0.717, 1.165) is 19.3 Å². The summed E-state index contributed by atoms with van der Waals surface area (Å²) < 4.78 is 18.7. The molecule has 0 aliphatic heterocycles. The molecule has 0 amide bonds. The number of rotatable bonds is 45. The fourth-order valence-corrected chi connectivity index (χ4v) is 8.95. The van der Waals surface area contributed by atoms with Crippen LogP contribution in [-0.4, -0.2) is 19.8 Å². The lowest BCUT2D eigenvalue weighted by molar-refractivity contribution is 0.150. The molecule has 0 aromatic rings. The monoisotopic (exact) mass is 745 g/mol. The Morgan fingerprint density at radius 1 is 0.240 bits per heavy atom. The van der Waals surface area contributed by atoms with Gasteiger partial charge in [0.15, 0.2) is 0 Å². The zero-order chi connectivity index (χ0) is 36.3. The van der Waals surface area contributed by atoms with E-state index in [1.165, 1.54) is 231 Å². The van der Waals surface area contributed by atoms with E-state index in [2.05, 4.69) is 20.8 Å². The number of hydrogen-bond donors (Lipinski definition) is 0. The molecule has 0 aliphatic carbocycles. The Morgan fingerprint density at radius 3 is 0.540 bits per heavy atom. The predicted molar refractivity (Wildman–Crippen MR) is 229 cm³/mol. The predicted octanol–water partition coefficient (Wildman–Crippen LogP) is 17.5. The third-order valence-electron chi connectivity index (χ3n) is 10.5. The van der Waals surface area contributed by atoms with E-state index in [4.69, 9.17) is 25.4 Å². The maximum atomic E-state index is 6.24. The van der Waals surface area contributed by atoms with Crippen LogP contribution < -0.4 is 0 Å². The maximum absolute atomic E-state index is 6.24. The summed E-state index contributed by atoms with van der Waals surface area (Å²) in [5.41, 5.74) is 0. The third-order valence-corrected chi connectivity index (χ3v) is 12.9. The molecule has 0 unspecified atom stereocenters. The van der Waals surface area contributed by atoms with Crippen molar-refractivity contribution in [3.05, 3.63) is 0 Å². The molecule has 0 N–H and O–H groups in total. The first-order chi connectivity index (χ1) is 24.7. The van der Waals surface area contributed by atoms with Gasteiger partial charge in [-0.3, -0.25) is 0 Å². The zero-order valence-corrected chi connectivity index (χ0v) is 36.5. The van der Waals surface area contributed by atoms with Gasteiger partial charge >= 0.3 is 6.72 Å². The van der Waals surface area contributed by atoms with Crippen LogP contribution in [0.15, 0.2) is 0 Å². The molecular weight excluding hydrogens is 652 g/mol. The molecule has 0 spiro atoms.